The zero-order valence-corrected chi connectivity index (χ0v) is 10.1. The Hall–Kier alpha value is -0.870. The standard InChI is InChI=1S/C12H22N2O2/c1-10(2)9-16-8-7-14-12(15)5-6-13-11-3-4-11/h11,13H,1,3-9H2,2H3,(H,14,15). The molecule has 0 atom stereocenters. The molecule has 0 bridgehead atoms. The van der Waals surface area contributed by atoms with E-state index in [9.17, 15) is 4.79 Å². The molecule has 4 nitrogen and oxygen atoms in total. The SMILES string of the molecule is C=C(C)COCCNC(=O)CCNC1CC1. The van der Waals surface area contributed by atoms with Crippen LogP contribution in [0.2, 0.25) is 0 Å². The first kappa shape index (κ1) is 13.2. The molecule has 0 aromatic heterocycles. The van der Waals surface area contributed by atoms with Crippen LogP contribution in [0.4, 0.5) is 0 Å². The largest absolute Gasteiger partial charge is 0.375 e. The van der Waals surface area contributed by atoms with Crippen LogP contribution < -0.4 is 10.6 Å². The first-order valence-corrected chi connectivity index (χ1v) is 5.90. The lowest BCUT2D eigenvalue weighted by atomic mass is 10.4. The monoisotopic (exact) mass is 226 g/mol. The van der Waals surface area contributed by atoms with Gasteiger partial charge in [-0.25, -0.2) is 0 Å². The van der Waals surface area contributed by atoms with Crippen molar-refractivity contribution in [2.75, 3.05) is 26.3 Å². The van der Waals surface area contributed by atoms with Crippen LogP contribution in [0.5, 0.6) is 0 Å². The molecular formula is C12H22N2O2. The quantitative estimate of drug-likeness (QED) is 0.452. The normalized spacial score (nSPS) is 14.8. The van der Waals surface area contributed by atoms with Crippen molar-refractivity contribution >= 4 is 5.91 Å². The second-order valence-corrected chi connectivity index (χ2v) is 4.34. The zero-order valence-electron chi connectivity index (χ0n) is 10.1. The van der Waals surface area contributed by atoms with Gasteiger partial charge in [0, 0.05) is 25.6 Å². The van der Waals surface area contributed by atoms with Gasteiger partial charge in [0.05, 0.1) is 13.2 Å². The topological polar surface area (TPSA) is 50.4 Å². The minimum atomic E-state index is 0.0899. The molecule has 1 fully saturated rings. The Balaban J connectivity index is 1.83. The third-order valence-electron chi connectivity index (χ3n) is 2.28. The van der Waals surface area contributed by atoms with E-state index in [1.807, 2.05) is 6.92 Å². The summed E-state index contributed by atoms with van der Waals surface area (Å²) in [5.41, 5.74) is 1.000. The highest BCUT2D eigenvalue weighted by Crippen LogP contribution is 2.18. The van der Waals surface area contributed by atoms with Crippen molar-refractivity contribution in [2.24, 2.45) is 0 Å². The maximum Gasteiger partial charge on any atom is 0.221 e. The molecule has 0 heterocycles. The Kier molecular flexibility index (Phi) is 6.11. The van der Waals surface area contributed by atoms with Gasteiger partial charge in [-0.05, 0) is 19.8 Å². The van der Waals surface area contributed by atoms with Crippen LogP contribution in [0.1, 0.15) is 26.2 Å². The summed E-state index contributed by atoms with van der Waals surface area (Å²) >= 11 is 0. The van der Waals surface area contributed by atoms with E-state index in [4.69, 9.17) is 4.74 Å². The van der Waals surface area contributed by atoms with Gasteiger partial charge < -0.3 is 15.4 Å². The van der Waals surface area contributed by atoms with Crippen LogP contribution in [0.15, 0.2) is 12.2 Å². The number of ether oxygens (including phenoxy) is 1. The summed E-state index contributed by atoms with van der Waals surface area (Å²) < 4.78 is 5.27. The van der Waals surface area contributed by atoms with E-state index in [-0.39, 0.29) is 5.91 Å². The van der Waals surface area contributed by atoms with E-state index in [2.05, 4.69) is 17.2 Å². The molecule has 1 saturated carbocycles. The van der Waals surface area contributed by atoms with Crippen molar-refractivity contribution in [2.45, 2.75) is 32.2 Å². The van der Waals surface area contributed by atoms with Gasteiger partial charge in [-0.15, -0.1) is 0 Å². The van der Waals surface area contributed by atoms with Crippen LogP contribution in [-0.4, -0.2) is 38.3 Å². The van der Waals surface area contributed by atoms with Crippen molar-refractivity contribution in [3.8, 4) is 0 Å². The molecule has 0 saturated heterocycles. The van der Waals surface area contributed by atoms with E-state index >= 15 is 0 Å². The lowest BCUT2D eigenvalue weighted by molar-refractivity contribution is -0.121. The average molecular weight is 226 g/mol. The highest BCUT2D eigenvalue weighted by atomic mass is 16.5. The van der Waals surface area contributed by atoms with Crippen LogP contribution in [0.25, 0.3) is 0 Å². The number of carbonyl (C=O) groups excluding carboxylic acids is 1. The molecule has 1 rings (SSSR count). The predicted octanol–water partition coefficient (Wildman–Crippen LogP) is 0.837. The Morgan fingerprint density at radius 1 is 1.44 bits per heavy atom. The van der Waals surface area contributed by atoms with Crippen LogP contribution in [-0.2, 0) is 9.53 Å². The summed E-state index contributed by atoms with van der Waals surface area (Å²) in [5.74, 6) is 0.0899. The fourth-order valence-electron chi connectivity index (χ4n) is 1.27. The van der Waals surface area contributed by atoms with Gasteiger partial charge in [-0.2, -0.15) is 0 Å². The van der Waals surface area contributed by atoms with Gasteiger partial charge in [0.25, 0.3) is 0 Å². The van der Waals surface area contributed by atoms with Crippen molar-refractivity contribution in [1.29, 1.82) is 0 Å². The van der Waals surface area contributed by atoms with Gasteiger partial charge in [0.2, 0.25) is 5.91 Å². The highest BCUT2D eigenvalue weighted by molar-refractivity contribution is 5.76. The number of carbonyl (C=O) groups is 1. The summed E-state index contributed by atoms with van der Waals surface area (Å²) in [5, 5.41) is 6.12. The molecule has 0 radical (unpaired) electrons. The molecule has 0 unspecified atom stereocenters. The fraction of sp³-hybridized carbons (Fsp3) is 0.750. The van der Waals surface area contributed by atoms with Crippen molar-refractivity contribution in [3.63, 3.8) is 0 Å². The van der Waals surface area contributed by atoms with Crippen molar-refractivity contribution in [3.05, 3.63) is 12.2 Å². The molecule has 92 valence electrons. The molecule has 0 spiro atoms. The smallest absolute Gasteiger partial charge is 0.221 e. The Morgan fingerprint density at radius 2 is 2.19 bits per heavy atom. The van der Waals surface area contributed by atoms with Crippen molar-refractivity contribution < 1.29 is 9.53 Å². The van der Waals surface area contributed by atoms with Gasteiger partial charge in [-0.1, -0.05) is 12.2 Å². The molecule has 1 aliphatic rings. The second-order valence-electron chi connectivity index (χ2n) is 4.34. The van der Waals surface area contributed by atoms with Crippen LogP contribution in [0, 0.1) is 0 Å². The summed E-state index contributed by atoms with van der Waals surface area (Å²) in [7, 11) is 0. The third-order valence-corrected chi connectivity index (χ3v) is 2.28. The first-order chi connectivity index (χ1) is 7.68. The van der Waals surface area contributed by atoms with E-state index < -0.39 is 0 Å². The number of amides is 1. The number of hydrogen-bond acceptors (Lipinski definition) is 3. The molecule has 2 N–H and O–H groups in total. The number of nitrogens with one attached hydrogen (secondary N) is 2. The molecule has 0 aliphatic heterocycles. The van der Waals surface area contributed by atoms with Gasteiger partial charge in [0.1, 0.15) is 0 Å². The minimum absolute atomic E-state index is 0.0899. The van der Waals surface area contributed by atoms with Gasteiger partial charge in [-0.3, -0.25) is 4.79 Å². The Bertz CT molecular complexity index is 237. The molecule has 1 amide bonds. The maximum absolute atomic E-state index is 11.3. The summed E-state index contributed by atoms with van der Waals surface area (Å²) in [6, 6.07) is 0.673. The van der Waals surface area contributed by atoms with Gasteiger partial charge in [0.15, 0.2) is 0 Å². The predicted molar refractivity (Wildman–Crippen MR) is 64.3 cm³/mol. The van der Waals surface area contributed by atoms with E-state index in [0.717, 1.165) is 12.1 Å². The number of hydrogen-bond donors (Lipinski definition) is 2. The molecule has 16 heavy (non-hydrogen) atoms. The van der Waals surface area contributed by atoms with Crippen molar-refractivity contribution in [1.82, 2.24) is 10.6 Å². The Labute approximate surface area is 97.4 Å². The van der Waals surface area contributed by atoms with Crippen LogP contribution in [0.3, 0.4) is 0 Å². The maximum atomic E-state index is 11.3. The minimum Gasteiger partial charge on any atom is -0.375 e. The first-order valence-electron chi connectivity index (χ1n) is 5.90. The summed E-state index contributed by atoms with van der Waals surface area (Å²) in [6.45, 7) is 8.13. The van der Waals surface area contributed by atoms with Crippen LogP contribution >= 0.6 is 0 Å². The van der Waals surface area contributed by atoms with Gasteiger partial charge >= 0.3 is 0 Å². The summed E-state index contributed by atoms with van der Waals surface area (Å²) in [4.78, 5) is 11.3. The molecular weight excluding hydrogens is 204 g/mol. The molecule has 1 aliphatic carbocycles. The van der Waals surface area contributed by atoms with E-state index in [0.29, 0.717) is 32.2 Å². The number of rotatable bonds is 9. The lowest BCUT2D eigenvalue weighted by Gasteiger charge is -2.06. The molecule has 4 heteroatoms. The second kappa shape index (κ2) is 7.41. The third kappa shape index (κ3) is 7.43. The Morgan fingerprint density at radius 3 is 2.81 bits per heavy atom. The molecule has 0 aromatic rings. The fourth-order valence-corrected chi connectivity index (χ4v) is 1.27. The molecule has 0 aromatic carbocycles. The van der Waals surface area contributed by atoms with E-state index in [1.54, 1.807) is 0 Å². The zero-order chi connectivity index (χ0) is 11.8. The lowest BCUT2D eigenvalue weighted by Crippen LogP contribution is -2.30. The average Bonchev–Trinajstić information content (AvgIpc) is 3.00. The summed E-state index contributed by atoms with van der Waals surface area (Å²) in [6.07, 6.45) is 3.07. The highest BCUT2D eigenvalue weighted by Gasteiger charge is 2.19. The van der Waals surface area contributed by atoms with E-state index in [1.165, 1.54) is 12.8 Å².